The molecule has 0 aromatic rings. The first-order valence-corrected chi connectivity index (χ1v) is 3.56. The Morgan fingerprint density at radius 1 is 1.33 bits per heavy atom. The Morgan fingerprint density at radius 3 is 2.00 bits per heavy atom. The van der Waals surface area contributed by atoms with Crippen molar-refractivity contribution < 1.29 is 9.84 Å². The standard InChI is InChI=1S/C5H10O2.C2H6/c1-4-2-7-3-5(4)6;1-2/h4-6H,2-3H2,1H3;1-2H3/t4-,5-;/m0./s1. The lowest BCUT2D eigenvalue weighted by Gasteiger charge is -2.00. The van der Waals surface area contributed by atoms with Crippen LogP contribution in [0.25, 0.3) is 0 Å². The SMILES string of the molecule is CC.C[C@H]1COC[C@@H]1O. The monoisotopic (exact) mass is 132 g/mol. The summed E-state index contributed by atoms with van der Waals surface area (Å²) in [6.45, 7) is 7.24. The van der Waals surface area contributed by atoms with E-state index in [0.29, 0.717) is 12.5 Å². The molecule has 2 atom stereocenters. The summed E-state index contributed by atoms with van der Waals surface area (Å²) in [6, 6.07) is 0. The summed E-state index contributed by atoms with van der Waals surface area (Å²) in [5.41, 5.74) is 0. The molecule has 1 rings (SSSR count). The van der Waals surface area contributed by atoms with Crippen LogP contribution in [0.5, 0.6) is 0 Å². The molecule has 0 saturated carbocycles. The second-order valence-corrected chi connectivity index (χ2v) is 2.08. The van der Waals surface area contributed by atoms with Crippen molar-refractivity contribution in [3.8, 4) is 0 Å². The highest BCUT2D eigenvalue weighted by Crippen LogP contribution is 2.10. The third kappa shape index (κ3) is 2.82. The molecule has 0 aromatic carbocycles. The van der Waals surface area contributed by atoms with Crippen LogP contribution in [0.4, 0.5) is 0 Å². The molecule has 1 aliphatic rings. The fraction of sp³-hybridized carbons (Fsp3) is 1.00. The molecule has 0 aromatic heterocycles. The zero-order chi connectivity index (χ0) is 7.28. The molecule has 1 heterocycles. The van der Waals surface area contributed by atoms with E-state index in [0.717, 1.165) is 6.61 Å². The van der Waals surface area contributed by atoms with E-state index in [1.54, 1.807) is 0 Å². The Kier molecular flexibility index (Phi) is 4.72. The molecule has 1 saturated heterocycles. The van der Waals surface area contributed by atoms with Crippen LogP contribution < -0.4 is 0 Å². The predicted octanol–water partition coefficient (Wildman–Crippen LogP) is 1.04. The van der Waals surface area contributed by atoms with Crippen molar-refractivity contribution in [3.05, 3.63) is 0 Å². The van der Waals surface area contributed by atoms with Gasteiger partial charge in [-0.1, -0.05) is 20.8 Å². The maximum Gasteiger partial charge on any atom is 0.0821 e. The highest BCUT2D eigenvalue weighted by atomic mass is 16.5. The Labute approximate surface area is 56.8 Å². The van der Waals surface area contributed by atoms with Crippen LogP contribution in [-0.2, 0) is 4.74 Å². The molecule has 0 spiro atoms. The summed E-state index contributed by atoms with van der Waals surface area (Å²) >= 11 is 0. The summed E-state index contributed by atoms with van der Waals surface area (Å²) in [5.74, 6) is 0.347. The molecule has 0 bridgehead atoms. The maximum atomic E-state index is 8.87. The van der Waals surface area contributed by atoms with Gasteiger partial charge in [-0.15, -0.1) is 0 Å². The molecule has 0 radical (unpaired) electrons. The van der Waals surface area contributed by atoms with Gasteiger partial charge in [0.2, 0.25) is 0 Å². The predicted molar refractivity (Wildman–Crippen MR) is 37.3 cm³/mol. The topological polar surface area (TPSA) is 29.5 Å². The van der Waals surface area contributed by atoms with Crippen LogP contribution in [0.1, 0.15) is 20.8 Å². The Bertz CT molecular complexity index is 55.9. The number of hydrogen-bond acceptors (Lipinski definition) is 2. The zero-order valence-corrected chi connectivity index (χ0v) is 6.42. The average molecular weight is 132 g/mol. The van der Waals surface area contributed by atoms with Gasteiger partial charge in [-0.05, 0) is 0 Å². The van der Waals surface area contributed by atoms with Crippen molar-refractivity contribution >= 4 is 0 Å². The smallest absolute Gasteiger partial charge is 0.0821 e. The van der Waals surface area contributed by atoms with Gasteiger partial charge in [0.1, 0.15) is 0 Å². The number of ether oxygens (including phenoxy) is 1. The summed E-state index contributed by atoms with van der Waals surface area (Å²) < 4.78 is 4.92. The van der Waals surface area contributed by atoms with E-state index in [2.05, 4.69) is 0 Å². The summed E-state index contributed by atoms with van der Waals surface area (Å²) in [6.07, 6.45) is -0.208. The van der Waals surface area contributed by atoms with Crippen LogP contribution in [0.15, 0.2) is 0 Å². The van der Waals surface area contributed by atoms with Crippen molar-refractivity contribution in [3.63, 3.8) is 0 Å². The second kappa shape index (κ2) is 4.77. The van der Waals surface area contributed by atoms with Crippen molar-refractivity contribution in [1.29, 1.82) is 0 Å². The third-order valence-corrected chi connectivity index (χ3v) is 1.33. The summed E-state index contributed by atoms with van der Waals surface area (Å²) in [7, 11) is 0. The van der Waals surface area contributed by atoms with Crippen molar-refractivity contribution in [2.75, 3.05) is 13.2 Å². The minimum absolute atomic E-state index is 0.208. The van der Waals surface area contributed by atoms with Crippen LogP contribution in [0.2, 0.25) is 0 Å². The second-order valence-electron chi connectivity index (χ2n) is 2.08. The Hall–Kier alpha value is -0.0800. The maximum absolute atomic E-state index is 8.87. The molecule has 2 nitrogen and oxygen atoms in total. The largest absolute Gasteiger partial charge is 0.390 e. The highest BCUT2D eigenvalue weighted by Gasteiger charge is 2.20. The quantitative estimate of drug-likeness (QED) is 0.533. The van der Waals surface area contributed by atoms with E-state index in [9.17, 15) is 0 Å². The van der Waals surface area contributed by atoms with E-state index < -0.39 is 0 Å². The fourth-order valence-corrected chi connectivity index (χ4v) is 0.650. The summed E-state index contributed by atoms with van der Waals surface area (Å²) in [5, 5.41) is 8.87. The lowest BCUT2D eigenvalue weighted by atomic mass is 10.1. The number of hydrogen-bond donors (Lipinski definition) is 1. The average Bonchev–Trinajstić information content (AvgIpc) is 2.23. The Morgan fingerprint density at radius 2 is 1.89 bits per heavy atom. The first-order valence-electron chi connectivity index (χ1n) is 3.56. The molecular weight excluding hydrogens is 116 g/mol. The lowest BCUT2D eigenvalue weighted by molar-refractivity contribution is 0.120. The molecular formula is C7H16O2. The van der Waals surface area contributed by atoms with E-state index in [4.69, 9.17) is 9.84 Å². The van der Waals surface area contributed by atoms with E-state index >= 15 is 0 Å². The normalized spacial score (nSPS) is 33.3. The van der Waals surface area contributed by atoms with Crippen LogP contribution in [-0.4, -0.2) is 24.4 Å². The van der Waals surface area contributed by atoms with Gasteiger partial charge in [-0.2, -0.15) is 0 Å². The van der Waals surface area contributed by atoms with Crippen molar-refractivity contribution in [2.24, 2.45) is 5.92 Å². The molecule has 0 amide bonds. The van der Waals surface area contributed by atoms with Gasteiger partial charge in [-0.25, -0.2) is 0 Å². The summed E-state index contributed by atoms with van der Waals surface area (Å²) in [4.78, 5) is 0. The van der Waals surface area contributed by atoms with Crippen LogP contribution in [0, 0.1) is 5.92 Å². The molecule has 1 fully saturated rings. The molecule has 2 heteroatoms. The van der Waals surface area contributed by atoms with Gasteiger partial charge in [0.05, 0.1) is 19.3 Å². The van der Waals surface area contributed by atoms with Crippen LogP contribution in [0.3, 0.4) is 0 Å². The molecule has 56 valence electrons. The lowest BCUT2D eigenvalue weighted by Crippen LogP contribution is -2.13. The van der Waals surface area contributed by atoms with Crippen molar-refractivity contribution in [2.45, 2.75) is 26.9 Å². The third-order valence-electron chi connectivity index (χ3n) is 1.33. The number of aliphatic hydroxyl groups excluding tert-OH is 1. The number of rotatable bonds is 0. The molecule has 1 N–H and O–H groups in total. The molecule has 9 heavy (non-hydrogen) atoms. The van der Waals surface area contributed by atoms with E-state index in [1.807, 2.05) is 20.8 Å². The van der Waals surface area contributed by atoms with Gasteiger partial charge in [0.25, 0.3) is 0 Å². The minimum Gasteiger partial charge on any atom is -0.390 e. The van der Waals surface area contributed by atoms with Crippen molar-refractivity contribution in [1.82, 2.24) is 0 Å². The van der Waals surface area contributed by atoms with Gasteiger partial charge in [0, 0.05) is 5.92 Å². The fourth-order valence-electron chi connectivity index (χ4n) is 0.650. The van der Waals surface area contributed by atoms with E-state index in [1.165, 1.54) is 0 Å². The number of aliphatic hydroxyl groups is 1. The molecule has 0 unspecified atom stereocenters. The van der Waals surface area contributed by atoms with Crippen LogP contribution >= 0.6 is 0 Å². The first-order chi connectivity index (χ1) is 4.30. The highest BCUT2D eigenvalue weighted by molar-refractivity contribution is 4.68. The van der Waals surface area contributed by atoms with E-state index in [-0.39, 0.29) is 6.10 Å². The zero-order valence-electron chi connectivity index (χ0n) is 6.42. The minimum atomic E-state index is -0.208. The van der Waals surface area contributed by atoms with Gasteiger partial charge in [0.15, 0.2) is 0 Å². The van der Waals surface area contributed by atoms with Gasteiger partial charge >= 0.3 is 0 Å². The molecule has 0 aliphatic carbocycles. The van der Waals surface area contributed by atoms with Gasteiger partial charge < -0.3 is 9.84 Å². The Balaban J connectivity index is 0.000000291. The molecule has 1 aliphatic heterocycles. The first kappa shape index (κ1) is 8.92. The van der Waals surface area contributed by atoms with Gasteiger partial charge in [-0.3, -0.25) is 0 Å².